The van der Waals surface area contributed by atoms with Crippen LogP contribution in [-0.2, 0) is 9.59 Å². The van der Waals surface area contributed by atoms with E-state index in [1.165, 1.54) is 0 Å². The molecule has 2 fully saturated rings. The van der Waals surface area contributed by atoms with Gasteiger partial charge < -0.3 is 16.0 Å². The van der Waals surface area contributed by atoms with E-state index < -0.39 is 0 Å². The summed E-state index contributed by atoms with van der Waals surface area (Å²) in [6.45, 7) is 1.38. The molecule has 3 N–H and O–H groups in total. The van der Waals surface area contributed by atoms with Crippen LogP contribution in [0.3, 0.4) is 0 Å². The van der Waals surface area contributed by atoms with Crippen LogP contribution in [0.1, 0.15) is 6.42 Å². The summed E-state index contributed by atoms with van der Waals surface area (Å²) < 4.78 is 0. The van der Waals surface area contributed by atoms with Crippen LogP contribution in [0.5, 0.6) is 0 Å². The summed E-state index contributed by atoms with van der Waals surface area (Å²) in [5.41, 5.74) is 5.56. The molecule has 2 atom stereocenters. The fraction of sp³-hybridized carbons (Fsp3) is 0.750. The van der Waals surface area contributed by atoms with Gasteiger partial charge in [-0.3, -0.25) is 9.59 Å². The summed E-state index contributed by atoms with van der Waals surface area (Å²) in [4.78, 5) is 24.1. The number of rotatable bonds is 1. The quantitative estimate of drug-likeness (QED) is 0.508. The summed E-state index contributed by atoms with van der Waals surface area (Å²) in [6.07, 6.45) is 0.775. The minimum Gasteiger partial charge on any atom is -0.353 e. The Kier molecular flexibility index (Phi) is 1.95. The number of carbonyl (C=O) groups is 2. The highest BCUT2D eigenvalue weighted by atomic mass is 16.2. The average Bonchev–Trinajstić information content (AvgIpc) is 2.81. The third-order valence-electron chi connectivity index (χ3n) is 2.51. The predicted molar refractivity (Wildman–Crippen MR) is 45.7 cm³/mol. The molecule has 2 amide bonds. The molecule has 0 aromatic carbocycles. The van der Waals surface area contributed by atoms with Gasteiger partial charge in [0.05, 0.1) is 12.5 Å². The van der Waals surface area contributed by atoms with E-state index >= 15 is 0 Å². The fourth-order valence-electron chi connectivity index (χ4n) is 1.56. The monoisotopic (exact) mass is 183 g/mol. The van der Waals surface area contributed by atoms with Gasteiger partial charge in [-0.15, -0.1) is 0 Å². The highest BCUT2D eigenvalue weighted by molar-refractivity contribution is 5.88. The summed E-state index contributed by atoms with van der Waals surface area (Å²) in [5.74, 6) is -0.0536. The lowest BCUT2D eigenvalue weighted by molar-refractivity contribution is -0.139. The molecule has 1 aliphatic carbocycles. The number of amides is 2. The number of nitrogens with zero attached hydrogens (tertiary/aromatic N) is 1. The first-order chi connectivity index (χ1) is 6.18. The third kappa shape index (κ3) is 1.65. The van der Waals surface area contributed by atoms with E-state index in [0.29, 0.717) is 13.1 Å². The fourth-order valence-corrected chi connectivity index (χ4v) is 1.56. The van der Waals surface area contributed by atoms with Crippen molar-refractivity contribution in [2.75, 3.05) is 19.6 Å². The van der Waals surface area contributed by atoms with Crippen LogP contribution in [0, 0.1) is 5.92 Å². The first-order valence-corrected chi connectivity index (χ1v) is 4.49. The molecule has 1 heterocycles. The highest BCUT2D eigenvalue weighted by Crippen LogP contribution is 2.29. The Morgan fingerprint density at radius 3 is 2.85 bits per heavy atom. The maximum atomic E-state index is 11.6. The van der Waals surface area contributed by atoms with Gasteiger partial charge in [0.25, 0.3) is 0 Å². The molecule has 0 aromatic rings. The number of carbonyl (C=O) groups excluding carboxylic acids is 2. The lowest BCUT2D eigenvalue weighted by Crippen LogP contribution is -2.50. The Labute approximate surface area is 76.3 Å². The van der Waals surface area contributed by atoms with Crippen molar-refractivity contribution in [2.24, 2.45) is 11.7 Å². The van der Waals surface area contributed by atoms with Crippen LogP contribution in [0.4, 0.5) is 0 Å². The van der Waals surface area contributed by atoms with Crippen LogP contribution in [0.15, 0.2) is 0 Å². The maximum Gasteiger partial charge on any atom is 0.239 e. The number of hydrogen-bond acceptors (Lipinski definition) is 3. The maximum absolute atomic E-state index is 11.6. The molecule has 1 aliphatic heterocycles. The zero-order valence-electron chi connectivity index (χ0n) is 7.32. The molecule has 1 saturated carbocycles. The van der Waals surface area contributed by atoms with E-state index in [1.807, 2.05) is 0 Å². The van der Waals surface area contributed by atoms with Crippen LogP contribution in [-0.4, -0.2) is 42.4 Å². The lowest BCUT2D eigenvalue weighted by atomic mass is 10.3. The van der Waals surface area contributed by atoms with E-state index in [9.17, 15) is 9.59 Å². The largest absolute Gasteiger partial charge is 0.353 e. The highest BCUT2D eigenvalue weighted by Gasteiger charge is 2.42. The van der Waals surface area contributed by atoms with Gasteiger partial charge in [-0.05, 0) is 6.42 Å². The van der Waals surface area contributed by atoms with E-state index in [2.05, 4.69) is 5.32 Å². The first kappa shape index (κ1) is 8.50. The van der Waals surface area contributed by atoms with Crippen LogP contribution in [0.2, 0.25) is 0 Å². The molecule has 0 radical (unpaired) electrons. The third-order valence-corrected chi connectivity index (χ3v) is 2.51. The normalized spacial score (nSPS) is 32.7. The van der Waals surface area contributed by atoms with Crippen LogP contribution >= 0.6 is 0 Å². The van der Waals surface area contributed by atoms with Crippen molar-refractivity contribution in [3.8, 4) is 0 Å². The standard InChI is InChI=1S/C8H13N3O2/c9-6-3-5(6)8(13)11-2-1-10-7(12)4-11/h5-6H,1-4,9H2,(H,10,12). The molecule has 2 aliphatic rings. The van der Waals surface area contributed by atoms with E-state index in [4.69, 9.17) is 5.73 Å². The van der Waals surface area contributed by atoms with Crippen molar-refractivity contribution in [2.45, 2.75) is 12.5 Å². The van der Waals surface area contributed by atoms with Gasteiger partial charge in [0.1, 0.15) is 0 Å². The zero-order chi connectivity index (χ0) is 9.42. The summed E-state index contributed by atoms with van der Waals surface area (Å²) >= 11 is 0. The lowest BCUT2D eigenvalue weighted by Gasteiger charge is -2.26. The summed E-state index contributed by atoms with van der Waals surface area (Å²) in [6, 6.07) is 0.0255. The molecule has 5 nitrogen and oxygen atoms in total. The van der Waals surface area contributed by atoms with Crippen molar-refractivity contribution >= 4 is 11.8 Å². The molecular formula is C8H13N3O2. The van der Waals surface area contributed by atoms with Gasteiger partial charge >= 0.3 is 0 Å². The SMILES string of the molecule is NC1CC1C(=O)N1CCNC(=O)C1. The Morgan fingerprint density at radius 1 is 1.62 bits per heavy atom. The van der Waals surface area contributed by atoms with Crippen molar-refractivity contribution < 1.29 is 9.59 Å². The van der Waals surface area contributed by atoms with Crippen LogP contribution < -0.4 is 11.1 Å². The predicted octanol–water partition coefficient (Wildman–Crippen LogP) is -1.71. The Hall–Kier alpha value is -1.10. The van der Waals surface area contributed by atoms with E-state index in [0.717, 1.165) is 6.42 Å². The Morgan fingerprint density at radius 2 is 2.31 bits per heavy atom. The van der Waals surface area contributed by atoms with Crippen molar-refractivity contribution in [1.29, 1.82) is 0 Å². The van der Waals surface area contributed by atoms with Gasteiger partial charge in [0.15, 0.2) is 0 Å². The average molecular weight is 183 g/mol. The molecule has 2 unspecified atom stereocenters. The molecule has 0 bridgehead atoms. The van der Waals surface area contributed by atoms with Crippen molar-refractivity contribution in [3.05, 3.63) is 0 Å². The molecule has 13 heavy (non-hydrogen) atoms. The molecule has 0 spiro atoms. The van der Waals surface area contributed by atoms with Crippen molar-refractivity contribution in [3.63, 3.8) is 0 Å². The summed E-state index contributed by atoms with van der Waals surface area (Å²) in [5, 5.41) is 2.67. The van der Waals surface area contributed by atoms with Gasteiger partial charge in [-0.2, -0.15) is 0 Å². The molecule has 72 valence electrons. The van der Waals surface area contributed by atoms with E-state index in [1.54, 1.807) is 4.90 Å². The Balaban J connectivity index is 1.92. The second-order valence-electron chi connectivity index (χ2n) is 3.62. The molecule has 0 aromatic heterocycles. The van der Waals surface area contributed by atoms with Gasteiger partial charge in [-0.25, -0.2) is 0 Å². The Bertz CT molecular complexity index is 254. The molecule has 5 heteroatoms. The minimum atomic E-state index is -0.0752. The molecular weight excluding hydrogens is 170 g/mol. The van der Waals surface area contributed by atoms with Crippen molar-refractivity contribution in [1.82, 2.24) is 10.2 Å². The number of nitrogens with one attached hydrogen (secondary N) is 1. The van der Waals surface area contributed by atoms with Gasteiger partial charge in [-0.1, -0.05) is 0 Å². The minimum absolute atomic E-state index is 0.0223. The van der Waals surface area contributed by atoms with E-state index in [-0.39, 0.29) is 30.3 Å². The number of piperazine rings is 1. The molecule has 1 saturated heterocycles. The number of hydrogen-bond donors (Lipinski definition) is 2. The first-order valence-electron chi connectivity index (χ1n) is 4.49. The number of nitrogens with two attached hydrogens (primary N) is 1. The van der Waals surface area contributed by atoms with Gasteiger partial charge in [0.2, 0.25) is 11.8 Å². The van der Waals surface area contributed by atoms with Crippen LogP contribution in [0.25, 0.3) is 0 Å². The topological polar surface area (TPSA) is 75.4 Å². The molecule has 2 rings (SSSR count). The zero-order valence-corrected chi connectivity index (χ0v) is 7.32. The summed E-state index contributed by atoms with van der Waals surface area (Å²) in [7, 11) is 0. The second kappa shape index (κ2) is 2.99. The smallest absolute Gasteiger partial charge is 0.239 e. The van der Waals surface area contributed by atoms with Gasteiger partial charge in [0, 0.05) is 19.1 Å². The second-order valence-corrected chi connectivity index (χ2v) is 3.62.